The predicted octanol–water partition coefficient (Wildman–Crippen LogP) is 1.63. The van der Waals surface area contributed by atoms with E-state index in [-0.39, 0.29) is 0 Å². The lowest BCUT2D eigenvalue weighted by Crippen LogP contribution is -2.56. The number of hydrogen-bond donors (Lipinski definition) is 1. The van der Waals surface area contributed by atoms with Gasteiger partial charge in [0.05, 0.1) is 0 Å². The maximum Gasteiger partial charge on any atom is 0.0325 e. The molecule has 0 spiro atoms. The van der Waals surface area contributed by atoms with Crippen molar-refractivity contribution in [2.45, 2.75) is 45.8 Å². The second kappa shape index (κ2) is 3.99. The van der Waals surface area contributed by atoms with Gasteiger partial charge in [-0.1, -0.05) is 12.8 Å². The first-order valence-corrected chi connectivity index (χ1v) is 5.15. The van der Waals surface area contributed by atoms with E-state index >= 15 is 0 Å². The van der Waals surface area contributed by atoms with Crippen LogP contribution in [0.3, 0.4) is 0 Å². The molecule has 1 fully saturated rings. The third kappa shape index (κ3) is 1.95. The van der Waals surface area contributed by atoms with Crippen LogP contribution in [0.5, 0.6) is 0 Å². The Kier molecular flexibility index (Phi) is 3.44. The highest BCUT2D eigenvalue weighted by Crippen LogP contribution is 2.19. The summed E-state index contributed by atoms with van der Waals surface area (Å²) in [4.78, 5) is 2.54. The van der Waals surface area contributed by atoms with Gasteiger partial charge in [-0.3, -0.25) is 4.90 Å². The average molecular weight is 188 g/mol. The average Bonchev–Trinajstić information content (AvgIpc) is 2.00. The van der Waals surface area contributed by atoms with Crippen molar-refractivity contribution in [1.29, 1.82) is 0 Å². The molecule has 0 amide bonds. The molecule has 0 aliphatic carbocycles. The van der Waals surface area contributed by atoms with E-state index in [1.807, 2.05) is 0 Å². The highest BCUT2D eigenvalue weighted by Gasteiger charge is 2.29. The molecule has 0 aromatic rings. The molecule has 2 nitrogen and oxygen atoms in total. The third-order valence-electron chi connectivity index (χ3n) is 2.94. The molecular weight excluding hydrogens is 168 g/mol. The van der Waals surface area contributed by atoms with Gasteiger partial charge in [-0.25, -0.2) is 4.31 Å². The van der Waals surface area contributed by atoms with Crippen LogP contribution in [0.25, 0.3) is 0 Å². The maximum absolute atomic E-state index is 4.43. The summed E-state index contributed by atoms with van der Waals surface area (Å²) in [6, 6.07) is 1.84. The van der Waals surface area contributed by atoms with E-state index in [0.29, 0.717) is 18.1 Å². The van der Waals surface area contributed by atoms with Crippen molar-refractivity contribution in [3.05, 3.63) is 0 Å². The molecule has 1 heterocycles. The molecule has 0 bridgehead atoms. The van der Waals surface area contributed by atoms with Crippen molar-refractivity contribution < 1.29 is 0 Å². The van der Waals surface area contributed by atoms with Crippen molar-refractivity contribution in [3.63, 3.8) is 0 Å². The monoisotopic (exact) mass is 188 g/mol. The fraction of sp³-hybridized carbons (Fsp3) is 1.00. The Morgan fingerprint density at radius 2 is 1.75 bits per heavy atom. The van der Waals surface area contributed by atoms with Crippen LogP contribution in [-0.2, 0) is 0 Å². The van der Waals surface area contributed by atoms with Crippen molar-refractivity contribution in [2.75, 3.05) is 13.1 Å². The maximum atomic E-state index is 4.43. The number of thiol groups is 1. The summed E-state index contributed by atoms with van der Waals surface area (Å²) >= 11 is 4.43. The third-order valence-corrected chi connectivity index (χ3v) is 3.51. The number of nitrogens with zero attached hydrogens (tertiary/aromatic N) is 2. The predicted molar refractivity (Wildman–Crippen MR) is 56.5 cm³/mol. The molecular formula is C9H20N2S. The molecule has 3 heteroatoms. The van der Waals surface area contributed by atoms with Crippen LogP contribution in [0.4, 0.5) is 0 Å². The van der Waals surface area contributed by atoms with E-state index < -0.39 is 0 Å². The molecule has 0 aromatic carbocycles. The minimum Gasteiger partial charge on any atom is -0.295 e. The van der Waals surface area contributed by atoms with Crippen LogP contribution < -0.4 is 0 Å². The Morgan fingerprint density at radius 1 is 1.17 bits per heavy atom. The topological polar surface area (TPSA) is 6.48 Å². The summed E-state index contributed by atoms with van der Waals surface area (Å²) in [5.74, 6) is 0. The molecule has 0 N–H and O–H groups in total. The zero-order valence-electron chi connectivity index (χ0n) is 8.49. The number of rotatable bonds is 1. The summed E-state index contributed by atoms with van der Waals surface area (Å²) in [7, 11) is 0. The van der Waals surface area contributed by atoms with E-state index in [9.17, 15) is 0 Å². The van der Waals surface area contributed by atoms with Gasteiger partial charge in [-0.05, 0) is 27.7 Å². The van der Waals surface area contributed by atoms with Gasteiger partial charge in [0, 0.05) is 31.2 Å². The quantitative estimate of drug-likeness (QED) is 0.625. The first kappa shape index (κ1) is 10.4. The van der Waals surface area contributed by atoms with Gasteiger partial charge in [0.25, 0.3) is 0 Å². The largest absolute Gasteiger partial charge is 0.295 e. The van der Waals surface area contributed by atoms with Crippen LogP contribution >= 0.6 is 12.8 Å². The molecule has 12 heavy (non-hydrogen) atoms. The summed E-state index contributed by atoms with van der Waals surface area (Å²) in [5, 5.41) is 0. The minimum absolute atomic E-state index is 0.560. The van der Waals surface area contributed by atoms with E-state index in [1.165, 1.54) is 0 Å². The number of piperazine rings is 1. The van der Waals surface area contributed by atoms with Gasteiger partial charge < -0.3 is 0 Å². The standard InChI is InChI=1S/C9H20N2S/c1-7(2)10-5-6-11(12)9(4)8(10)3/h7-9,12H,5-6H2,1-4H3/t8-,9-/m0/s1. The normalized spacial score (nSPS) is 34.5. The zero-order chi connectivity index (χ0) is 9.30. The zero-order valence-corrected chi connectivity index (χ0v) is 9.38. The fourth-order valence-corrected chi connectivity index (χ4v) is 2.16. The summed E-state index contributed by atoms with van der Waals surface area (Å²) in [6.07, 6.45) is 0. The number of hydrogen-bond acceptors (Lipinski definition) is 3. The Bertz CT molecular complexity index is 149. The molecule has 2 atom stereocenters. The van der Waals surface area contributed by atoms with Crippen molar-refractivity contribution in [1.82, 2.24) is 9.21 Å². The van der Waals surface area contributed by atoms with E-state index in [0.717, 1.165) is 13.1 Å². The van der Waals surface area contributed by atoms with Gasteiger partial charge in [-0.15, -0.1) is 0 Å². The Morgan fingerprint density at radius 3 is 2.25 bits per heavy atom. The molecule has 1 aliphatic heterocycles. The smallest absolute Gasteiger partial charge is 0.0325 e. The Hall–Kier alpha value is 0.270. The van der Waals surface area contributed by atoms with E-state index in [4.69, 9.17) is 0 Å². The van der Waals surface area contributed by atoms with Gasteiger partial charge in [0.15, 0.2) is 0 Å². The first-order chi connectivity index (χ1) is 5.54. The molecule has 1 aliphatic rings. The van der Waals surface area contributed by atoms with Gasteiger partial charge >= 0.3 is 0 Å². The van der Waals surface area contributed by atoms with Crippen LogP contribution in [0, 0.1) is 0 Å². The second-order valence-corrected chi connectivity index (χ2v) is 4.49. The van der Waals surface area contributed by atoms with Crippen LogP contribution in [-0.4, -0.2) is 40.4 Å². The molecule has 0 saturated carbocycles. The van der Waals surface area contributed by atoms with Crippen LogP contribution in [0.2, 0.25) is 0 Å². The lowest BCUT2D eigenvalue weighted by atomic mass is 10.1. The van der Waals surface area contributed by atoms with Gasteiger partial charge in [0.1, 0.15) is 0 Å². The molecule has 72 valence electrons. The van der Waals surface area contributed by atoms with E-state index in [2.05, 4.69) is 49.7 Å². The minimum atomic E-state index is 0.560. The summed E-state index contributed by atoms with van der Waals surface area (Å²) in [5.41, 5.74) is 0. The van der Waals surface area contributed by atoms with Crippen molar-refractivity contribution in [2.24, 2.45) is 0 Å². The van der Waals surface area contributed by atoms with Crippen LogP contribution in [0.1, 0.15) is 27.7 Å². The van der Waals surface area contributed by atoms with Gasteiger partial charge in [-0.2, -0.15) is 0 Å². The highest BCUT2D eigenvalue weighted by molar-refractivity contribution is 7.77. The van der Waals surface area contributed by atoms with E-state index in [1.54, 1.807) is 0 Å². The SMILES string of the molecule is CC(C)N1CCN(S)[C@@H](C)[C@@H]1C. The van der Waals surface area contributed by atoms with Crippen molar-refractivity contribution >= 4 is 12.8 Å². The summed E-state index contributed by atoms with van der Waals surface area (Å²) in [6.45, 7) is 11.3. The molecule has 1 rings (SSSR count). The Balaban J connectivity index is 2.58. The highest BCUT2D eigenvalue weighted by atomic mass is 32.1. The summed E-state index contributed by atoms with van der Waals surface area (Å²) < 4.78 is 2.14. The lowest BCUT2D eigenvalue weighted by molar-refractivity contribution is 0.0660. The first-order valence-electron chi connectivity index (χ1n) is 4.75. The van der Waals surface area contributed by atoms with Gasteiger partial charge in [0.2, 0.25) is 0 Å². The second-order valence-electron chi connectivity index (χ2n) is 3.98. The molecule has 0 aromatic heterocycles. The molecule has 0 unspecified atom stereocenters. The molecule has 0 radical (unpaired) electrons. The lowest BCUT2D eigenvalue weighted by Gasteiger charge is -2.44. The Labute approximate surface area is 81.5 Å². The van der Waals surface area contributed by atoms with Crippen molar-refractivity contribution in [3.8, 4) is 0 Å². The fourth-order valence-electron chi connectivity index (χ4n) is 1.88. The molecule has 1 saturated heterocycles. The van der Waals surface area contributed by atoms with Crippen LogP contribution in [0.15, 0.2) is 0 Å².